The molecule has 0 aliphatic carbocycles. The molecule has 1 aliphatic rings. The topological polar surface area (TPSA) is 29.5 Å². The molecule has 0 aromatic rings. The monoisotopic (exact) mass is 211 g/mol. The van der Waals surface area contributed by atoms with Gasteiger partial charge in [-0.3, -0.25) is 4.79 Å². The third-order valence-electron chi connectivity index (χ3n) is 3.08. The van der Waals surface area contributed by atoms with E-state index in [1.54, 1.807) is 6.92 Å². The fraction of sp³-hybridized carbons (Fsp3) is 0.750. The molecule has 15 heavy (non-hydrogen) atoms. The van der Waals surface area contributed by atoms with Gasteiger partial charge < -0.3 is 9.64 Å². The minimum absolute atomic E-state index is 0.0947. The number of carbonyl (C=O) groups is 1. The molecule has 3 nitrogen and oxygen atoms in total. The summed E-state index contributed by atoms with van der Waals surface area (Å²) in [5, 5.41) is 0. The highest BCUT2D eigenvalue weighted by Gasteiger charge is 2.32. The fourth-order valence-electron chi connectivity index (χ4n) is 1.84. The first kappa shape index (κ1) is 12.1. The normalized spacial score (nSPS) is 21.3. The van der Waals surface area contributed by atoms with Gasteiger partial charge >= 0.3 is 0 Å². The van der Waals surface area contributed by atoms with Crippen LogP contribution in [-0.4, -0.2) is 29.5 Å². The number of ether oxygens (including phenoxy) is 1. The molecule has 0 spiro atoms. The molecule has 0 bridgehead atoms. The lowest BCUT2D eigenvalue weighted by molar-refractivity contribution is -0.133. The number of allylic oxidation sites excluding steroid dienone is 2. The lowest BCUT2D eigenvalue weighted by Gasteiger charge is -2.39. The van der Waals surface area contributed by atoms with Gasteiger partial charge in [0.05, 0.1) is 5.76 Å². The molecule has 1 amide bonds. The number of likely N-dealkylation sites (tertiary alicyclic amines) is 1. The van der Waals surface area contributed by atoms with Crippen LogP contribution in [0.15, 0.2) is 11.8 Å². The number of amides is 1. The van der Waals surface area contributed by atoms with E-state index >= 15 is 0 Å². The third kappa shape index (κ3) is 3.26. The molecular formula is C12H21NO2. The van der Waals surface area contributed by atoms with Crippen LogP contribution >= 0.6 is 0 Å². The van der Waals surface area contributed by atoms with E-state index in [4.69, 9.17) is 4.74 Å². The van der Waals surface area contributed by atoms with Crippen LogP contribution in [0.2, 0.25) is 0 Å². The van der Waals surface area contributed by atoms with Crippen molar-refractivity contribution in [1.29, 1.82) is 0 Å². The Bertz CT molecular complexity index is 263. The molecule has 1 rings (SSSR count). The van der Waals surface area contributed by atoms with E-state index in [9.17, 15) is 4.79 Å². The van der Waals surface area contributed by atoms with Crippen LogP contribution in [0.25, 0.3) is 0 Å². The Hall–Kier alpha value is -0.990. The van der Waals surface area contributed by atoms with Crippen LogP contribution in [0.3, 0.4) is 0 Å². The molecule has 1 saturated heterocycles. The molecule has 0 atom stereocenters. The van der Waals surface area contributed by atoms with Crippen molar-refractivity contribution < 1.29 is 9.53 Å². The summed E-state index contributed by atoms with van der Waals surface area (Å²) < 4.78 is 5.88. The second-order valence-electron chi connectivity index (χ2n) is 4.46. The van der Waals surface area contributed by atoms with E-state index < -0.39 is 0 Å². The first-order chi connectivity index (χ1) is 6.97. The molecule has 0 N–H and O–H groups in total. The molecule has 1 fully saturated rings. The van der Waals surface area contributed by atoms with E-state index in [0.29, 0.717) is 0 Å². The highest BCUT2D eigenvalue weighted by atomic mass is 16.5. The van der Waals surface area contributed by atoms with Gasteiger partial charge in [-0.15, -0.1) is 0 Å². The zero-order chi connectivity index (χ0) is 11.5. The Balaban J connectivity index is 2.51. The van der Waals surface area contributed by atoms with E-state index in [-0.39, 0.29) is 11.5 Å². The van der Waals surface area contributed by atoms with E-state index in [0.717, 1.165) is 31.7 Å². The molecule has 0 unspecified atom stereocenters. The van der Waals surface area contributed by atoms with Crippen LogP contribution < -0.4 is 0 Å². The first-order valence-electron chi connectivity index (χ1n) is 5.54. The van der Waals surface area contributed by atoms with Crippen LogP contribution in [0.5, 0.6) is 0 Å². The van der Waals surface area contributed by atoms with Crippen LogP contribution in [-0.2, 0) is 9.53 Å². The maximum absolute atomic E-state index is 11.2. The number of rotatable bonds is 2. The zero-order valence-corrected chi connectivity index (χ0v) is 10.2. The highest BCUT2D eigenvalue weighted by Crippen LogP contribution is 2.28. The molecule has 1 heterocycles. The average Bonchev–Trinajstić information content (AvgIpc) is 2.17. The summed E-state index contributed by atoms with van der Waals surface area (Å²) in [5.74, 6) is 1.13. The largest absolute Gasteiger partial charge is 0.492 e. The molecule has 0 radical (unpaired) electrons. The van der Waals surface area contributed by atoms with Crippen molar-refractivity contribution in [1.82, 2.24) is 4.90 Å². The summed E-state index contributed by atoms with van der Waals surface area (Å²) in [6.07, 6.45) is 3.80. The Morgan fingerprint density at radius 1 is 1.33 bits per heavy atom. The van der Waals surface area contributed by atoms with Crippen molar-refractivity contribution >= 4 is 5.91 Å². The van der Waals surface area contributed by atoms with Crippen molar-refractivity contribution in [2.24, 2.45) is 0 Å². The predicted molar refractivity (Wildman–Crippen MR) is 60.4 cm³/mol. The van der Waals surface area contributed by atoms with Gasteiger partial charge in [0.2, 0.25) is 5.91 Å². The highest BCUT2D eigenvalue weighted by molar-refractivity contribution is 5.73. The van der Waals surface area contributed by atoms with Crippen molar-refractivity contribution in [3.63, 3.8) is 0 Å². The van der Waals surface area contributed by atoms with Gasteiger partial charge in [0.1, 0.15) is 5.60 Å². The predicted octanol–water partition coefficient (Wildman–Crippen LogP) is 2.33. The number of nitrogens with zero attached hydrogens (tertiary/aromatic N) is 1. The first-order valence-corrected chi connectivity index (χ1v) is 5.54. The third-order valence-corrected chi connectivity index (χ3v) is 3.08. The number of carbonyl (C=O) groups excluding carboxylic acids is 1. The molecule has 86 valence electrons. The standard InChI is InChI=1S/C12H21NO2/c1-5-10(2)15-12(4)6-8-13(9-7-12)11(3)14/h5H,6-9H2,1-4H3/b10-5+. The summed E-state index contributed by atoms with van der Waals surface area (Å²) in [7, 11) is 0. The number of hydrogen-bond acceptors (Lipinski definition) is 2. The summed E-state index contributed by atoms with van der Waals surface area (Å²) in [5.41, 5.74) is -0.0947. The summed E-state index contributed by atoms with van der Waals surface area (Å²) in [6.45, 7) is 9.32. The molecule has 1 aliphatic heterocycles. The Kier molecular flexibility index (Phi) is 3.77. The second-order valence-corrected chi connectivity index (χ2v) is 4.46. The van der Waals surface area contributed by atoms with E-state index in [2.05, 4.69) is 6.92 Å². The van der Waals surface area contributed by atoms with Gasteiger partial charge in [0, 0.05) is 32.9 Å². The molecule has 3 heteroatoms. The Morgan fingerprint density at radius 2 is 1.87 bits per heavy atom. The van der Waals surface area contributed by atoms with E-state index in [1.165, 1.54) is 0 Å². The quantitative estimate of drug-likeness (QED) is 0.656. The molecule has 0 aromatic carbocycles. The van der Waals surface area contributed by atoms with Crippen LogP contribution in [0.4, 0.5) is 0 Å². The van der Waals surface area contributed by atoms with Crippen LogP contribution in [0.1, 0.15) is 40.5 Å². The van der Waals surface area contributed by atoms with Gasteiger partial charge in [0.15, 0.2) is 0 Å². The Morgan fingerprint density at radius 3 is 2.27 bits per heavy atom. The van der Waals surface area contributed by atoms with Gasteiger partial charge in [-0.1, -0.05) is 0 Å². The lowest BCUT2D eigenvalue weighted by atomic mass is 9.93. The fourth-order valence-corrected chi connectivity index (χ4v) is 1.84. The summed E-state index contributed by atoms with van der Waals surface area (Å²) in [4.78, 5) is 13.0. The SMILES string of the molecule is C/C=C(\C)OC1(C)CCN(C(C)=O)CC1. The summed E-state index contributed by atoms with van der Waals surface area (Å²) in [6, 6.07) is 0. The van der Waals surface area contributed by atoms with Gasteiger partial charge in [-0.2, -0.15) is 0 Å². The minimum Gasteiger partial charge on any atom is -0.492 e. The summed E-state index contributed by atoms with van der Waals surface area (Å²) >= 11 is 0. The smallest absolute Gasteiger partial charge is 0.219 e. The Labute approximate surface area is 92.1 Å². The average molecular weight is 211 g/mol. The second kappa shape index (κ2) is 4.69. The van der Waals surface area contributed by atoms with Gasteiger partial charge in [0.25, 0.3) is 0 Å². The van der Waals surface area contributed by atoms with Gasteiger partial charge in [-0.05, 0) is 26.8 Å². The van der Waals surface area contributed by atoms with Crippen molar-refractivity contribution in [3.8, 4) is 0 Å². The lowest BCUT2D eigenvalue weighted by Crippen LogP contribution is -2.45. The molecule has 0 aromatic heterocycles. The van der Waals surface area contributed by atoms with Crippen molar-refractivity contribution in [3.05, 3.63) is 11.8 Å². The molecular weight excluding hydrogens is 190 g/mol. The number of hydrogen-bond donors (Lipinski definition) is 0. The van der Waals surface area contributed by atoms with Gasteiger partial charge in [-0.25, -0.2) is 0 Å². The molecule has 0 saturated carbocycles. The maximum Gasteiger partial charge on any atom is 0.219 e. The number of piperidine rings is 1. The zero-order valence-electron chi connectivity index (χ0n) is 10.2. The van der Waals surface area contributed by atoms with Crippen molar-refractivity contribution in [2.45, 2.75) is 46.1 Å². The maximum atomic E-state index is 11.2. The van der Waals surface area contributed by atoms with Crippen molar-refractivity contribution in [2.75, 3.05) is 13.1 Å². The minimum atomic E-state index is -0.0947. The van der Waals surface area contributed by atoms with E-state index in [1.807, 2.05) is 24.8 Å². The van der Waals surface area contributed by atoms with Crippen LogP contribution in [0, 0.1) is 0 Å².